The van der Waals surface area contributed by atoms with Crippen LogP contribution in [0.15, 0.2) is 42.7 Å². The molecule has 1 aliphatic heterocycles. The van der Waals surface area contributed by atoms with E-state index >= 15 is 0 Å². The lowest BCUT2D eigenvalue weighted by atomic mass is 9.96. The molecule has 3 nitrogen and oxygen atoms in total. The molecule has 1 aliphatic rings. The van der Waals surface area contributed by atoms with Crippen molar-refractivity contribution in [2.24, 2.45) is 0 Å². The highest BCUT2D eigenvalue weighted by Gasteiger charge is 2.23. The number of pyridine rings is 1. The standard InChI is InChI=1S/C19H22Cl2N2O/c20-16-7-3-8-17(21)19(16)24-13-5-12-23-11-2-1-9-18(23)15-6-4-10-22-14-15/h3-4,6-8,10,14,18H,1-2,5,9,11-13H2/t18-/m1/s1. The monoisotopic (exact) mass is 364 g/mol. The van der Waals surface area contributed by atoms with Gasteiger partial charge in [-0.1, -0.05) is 41.8 Å². The molecule has 1 saturated heterocycles. The van der Waals surface area contributed by atoms with Crippen molar-refractivity contribution in [1.82, 2.24) is 9.88 Å². The molecular formula is C19H22Cl2N2O. The molecule has 128 valence electrons. The van der Waals surface area contributed by atoms with Crippen molar-refractivity contribution in [3.8, 4) is 5.75 Å². The molecule has 0 saturated carbocycles. The molecule has 0 radical (unpaired) electrons. The molecule has 3 rings (SSSR count). The topological polar surface area (TPSA) is 25.4 Å². The van der Waals surface area contributed by atoms with Gasteiger partial charge in [0.25, 0.3) is 0 Å². The fourth-order valence-corrected chi connectivity index (χ4v) is 3.78. The van der Waals surface area contributed by atoms with Crippen molar-refractivity contribution >= 4 is 23.2 Å². The predicted molar refractivity (Wildman–Crippen MR) is 99.0 cm³/mol. The van der Waals surface area contributed by atoms with Crippen molar-refractivity contribution in [2.45, 2.75) is 31.7 Å². The first kappa shape index (κ1) is 17.5. The van der Waals surface area contributed by atoms with Crippen molar-refractivity contribution in [1.29, 1.82) is 0 Å². The van der Waals surface area contributed by atoms with Crippen LogP contribution < -0.4 is 4.74 Å². The van der Waals surface area contributed by atoms with E-state index < -0.39 is 0 Å². The van der Waals surface area contributed by atoms with Crippen LogP contribution in [0.25, 0.3) is 0 Å². The Hall–Kier alpha value is -1.29. The first-order chi connectivity index (χ1) is 11.8. The summed E-state index contributed by atoms with van der Waals surface area (Å²) in [6, 6.07) is 10.1. The smallest absolute Gasteiger partial charge is 0.156 e. The van der Waals surface area contributed by atoms with Gasteiger partial charge < -0.3 is 4.74 Å². The molecule has 2 aromatic rings. The van der Waals surface area contributed by atoms with E-state index in [9.17, 15) is 0 Å². The molecule has 1 aromatic heterocycles. The fourth-order valence-electron chi connectivity index (χ4n) is 3.27. The molecule has 0 amide bonds. The number of hydrogen-bond acceptors (Lipinski definition) is 3. The van der Waals surface area contributed by atoms with E-state index in [2.05, 4.69) is 16.0 Å². The summed E-state index contributed by atoms with van der Waals surface area (Å²) in [5.74, 6) is 0.586. The fraction of sp³-hybridized carbons (Fsp3) is 0.421. The van der Waals surface area contributed by atoms with Crippen LogP contribution in [0, 0.1) is 0 Å². The van der Waals surface area contributed by atoms with Gasteiger partial charge >= 0.3 is 0 Å². The van der Waals surface area contributed by atoms with Gasteiger partial charge in [0.1, 0.15) is 0 Å². The van der Waals surface area contributed by atoms with Gasteiger partial charge in [-0.25, -0.2) is 0 Å². The van der Waals surface area contributed by atoms with Crippen LogP contribution in [-0.4, -0.2) is 29.6 Å². The van der Waals surface area contributed by atoms with Gasteiger partial charge in [0.15, 0.2) is 5.75 Å². The number of aromatic nitrogens is 1. The highest BCUT2D eigenvalue weighted by molar-refractivity contribution is 6.37. The van der Waals surface area contributed by atoms with E-state index in [1.807, 2.05) is 24.5 Å². The van der Waals surface area contributed by atoms with Crippen molar-refractivity contribution < 1.29 is 4.74 Å². The van der Waals surface area contributed by atoms with Gasteiger partial charge in [0.05, 0.1) is 16.7 Å². The Morgan fingerprint density at radius 3 is 2.71 bits per heavy atom. The van der Waals surface area contributed by atoms with Gasteiger partial charge in [0, 0.05) is 25.0 Å². The summed E-state index contributed by atoms with van der Waals surface area (Å²) in [6.07, 6.45) is 8.50. The molecule has 0 unspecified atom stereocenters. The molecular weight excluding hydrogens is 343 g/mol. The highest BCUT2D eigenvalue weighted by atomic mass is 35.5. The van der Waals surface area contributed by atoms with E-state index in [1.165, 1.54) is 24.8 Å². The molecule has 0 aliphatic carbocycles. The van der Waals surface area contributed by atoms with Gasteiger partial charge in [-0.05, 0) is 49.6 Å². The predicted octanol–water partition coefficient (Wildman–Crippen LogP) is 5.38. The first-order valence-electron chi connectivity index (χ1n) is 8.46. The SMILES string of the molecule is Clc1cccc(Cl)c1OCCCN1CCCC[C@@H]1c1cccnc1. The van der Waals surface area contributed by atoms with E-state index in [0.29, 0.717) is 28.4 Å². The van der Waals surface area contributed by atoms with Gasteiger partial charge in [0.2, 0.25) is 0 Å². The lowest BCUT2D eigenvalue weighted by molar-refractivity contribution is 0.137. The van der Waals surface area contributed by atoms with Crippen LogP contribution in [0.5, 0.6) is 5.75 Å². The molecule has 24 heavy (non-hydrogen) atoms. The lowest BCUT2D eigenvalue weighted by Gasteiger charge is -2.35. The summed E-state index contributed by atoms with van der Waals surface area (Å²) in [5.41, 5.74) is 1.31. The second kappa shape index (κ2) is 8.70. The van der Waals surface area contributed by atoms with E-state index in [1.54, 1.807) is 12.1 Å². The second-order valence-corrected chi connectivity index (χ2v) is 6.90. The van der Waals surface area contributed by atoms with Crippen molar-refractivity contribution in [3.63, 3.8) is 0 Å². The molecule has 0 bridgehead atoms. The summed E-state index contributed by atoms with van der Waals surface area (Å²) in [7, 11) is 0. The molecule has 0 spiro atoms. The zero-order chi connectivity index (χ0) is 16.8. The number of ether oxygens (including phenoxy) is 1. The minimum absolute atomic E-state index is 0.469. The Morgan fingerprint density at radius 2 is 1.96 bits per heavy atom. The average molecular weight is 365 g/mol. The van der Waals surface area contributed by atoms with Gasteiger partial charge in [-0.2, -0.15) is 0 Å². The third kappa shape index (κ3) is 4.41. The Balaban J connectivity index is 1.53. The summed E-state index contributed by atoms with van der Waals surface area (Å²) < 4.78 is 5.80. The molecule has 0 N–H and O–H groups in total. The van der Waals surface area contributed by atoms with Crippen LogP contribution in [0.2, 0.25) is 10.0 Å². The summed E-state index contributed by atoms with van der Waals surface area (Å²) in [6.45, 7) is 2.74. The average Bonchev–Trinajstić information content (AvgIpc) is 2.62. The van der Waals surface area contributed by atoms with Crippen molar-refractivity contribution in [3.05, 3.63) is 58.3 Å². The number of piperidine rings is 1. The molecule has 1 fully saturated rings. The number of para-hydroxylation sites is 1. The van der Waals surface area contributed by atoms with E-state index in [-0.39, 0.29) is 0 Å². The number of likely N-dealkylation sites (tertiary alicyclic amines) is 1. The number of nitrogens with zero attached hydrogens (tertiary/aromatic N) is 2. The van der Waals surface area contributed by atoms with Gasteiger partial charge in [-0.3, -0.25) is 9.88 Å². The van der Waals surface area contributed by atoms with Crippen molar-refractivity contribution in [2.75, 3.05) is 19.7 Å². The molecule has 2 heterocycles. The normalized spacial score (nSPS) is 18.5. The zero-order valence-electron chi connectivity index (χ0n) is 13.6. The zero-order valence-corrected chi connectivity index (χ0v) is 15.1. The largest absolute Gasteiger partial charge is 0.490 e. The van der Waals surface area contributed by atoms with Gasteiger partial charge in [-0.15, -0.1) is 0 Å². The number of benzene rings is 1. The maximum atomic E-state index is 6.13. The summed E-state index contributed by atoms with van der Waals surface area (Å²) >= 11 is 12.3. The Labute approximate surface area is 153 Å². The third-order valence-corrected chi connectivity index (χ3v) is 5.03. The third-order valence-electron chi connectivity index (χ3n) is 4.44. The van der Waals surface area contributed by atoms with Crippen LogP contribution >= 0.6 is 23.2 Å². The first-order valence-corrected chi connectivity index (χ1v) is 9.22. The Kier molecular flexibility index (Phi) is 6.36. The maximum absolute atomic E-state index is 6.13. The molecule has 5 heteroatoms. The lowest BCUT2D eigenvalue weighted by Crippen LogP contribution is -2.34. The Morgan fingerprint density at radius 1 is 1.12 bits per heavy atom. The molecule has 1 atom stereocenters. The second-order valence-electron chi connectivity index (χ2n) is 6.09. The van der Waals surface area contributed by atoms with E-state index in [0.717, 1.165) is 19.5 Å². The molecule has 1 aromatic carbocycles. The summed E-state index contributed by atoms with van der Waals surface area (Å²) in [4.78, 5) is 6.81. The minimum Gasteiger partial charge on any atom is -0.490 e. The van der Waals surface area contributed by atoms with E-state index in [4.69, 9.17) is 27.9 Å². The van der Waals surface area contributed by atoms with Crippen LogP contribution in [0.4, 0.5) is 0 Å². The summed E-state index contributed by atoms with van der Waals surface area (Å²) in [5, 5.41) is 1.13. The highest BCUT2D eigenvalue weighted by Crippen LogP contribution is 2.33. The van der Waals surface area contributed by atoms with Crippen LogP contribution in [-0.2, 0) is 0 Å². The number of rotatable bonds is 6. The quantitative estimate of drug-likeness (QED) is 0.642. The van der Waals surface area contributed by atoms with Crippen LogP contribution in [0.3, 0.4) is 0 Å². The number of hydrogen-bond donors (Lipinski definition) is 0. The number of halogens is 2. The maximum Gasteiger partial charge on any atom is 0.156 e. The van der Waals surface area contributed by atoms with Crippen LogP contribution in [0.1, 0.15) is 37.3 Å². The minimum atomic E-state index is 0.469. The Bertz CT molecular complexity index is 631.